The van der Waals surface area contributed by atoms with Gasteiger partial charge in [-0.05, 0) is 50.4 Å². The first-order valence-electron chi connectivity index (χ1n) is 5.90. The van der Waals surface area contributed by atoms with Gasteiger partial charge in [-0.15, -0.1) is 0 Å². The number of likely N-dealkylation sites (N-methyl/N-ethyl adjacent to an activating group) is 1. The summed E-state index contributed by atoms with van der Waals surface area (Å²) in [5, 5.41) is 9.53. The molecule has 1 heterocycles. The van der Waals surface area contributed by atoms with Crippen molar-refractivity contribution in [1.29, 1.82) is 0 Å². The van der Waals surface area contributed by atoms with Crippen molar-refractivity contribution < 1.29 is 9.90 Å². The highest BCUT2D eigenvalue weighted by Gasteiger charge is 2.41. The molecule has 1 aliphatic carbocycles. The summed E-state index contributed by atoms with van der Waals surface area (Å²) in [5.74, 6) is -0.146. The van der Waals surface area contributed by atoms with Crippen molar-refractivity contribution >= 4 is 5.97 Å². The summed E-state index contributed by atoms with van der Waals surface area (Å²) in [7, 11) is 1.88. The SMILES string of the molecule is CN(CC1CC1)C(C)(C(=O)O)c1ccncc1. The summed E-state index contributed by atoms with van der Waals surface area (Å²) < 4.78 is 0. The fourth-order valence-corrected chi connectivity index (χ4v) is 2.05. The summed E-state index contributed by atoms with van der Waals surface area (Å²) in [6.07, 6.45) is 5.72. The van der Waals surface area contributed by atoms with E-state index in [0.717, 1.165) is 12.1 Å². The molecule has 4 heteroatoms. The van der Waals surface area contributed by atoms with Gasteiger partial charge < -0.3 is 5.11 Å². The molecular formula is C13H18N2O2. The molecule has 0 radical (unpaired) electrons. The number of carboxylic acid groups (broad SMARTS) is 1. The molecule has 1 aromatic heterocycles. The molecule has 2 rings (SSSR count). The van der Waals surface area contributed by atoms with Gasteiger partial charge in [0.1, 0.15) is 5.54 Å². The second kappa shape index (κ2) is 4.45. The van der Waals surface area contributed by atoms with Crippen molar-refractivity contribution in [2.75, 3.05) is 13.6 Å². The Hall–Kier alpha value is -1.42. The third-order valence-electron chi connectivity index (χ3n) is 3.65. The minimum atomic E-state index is -0.967. The van der Waals surface area contributed by atoms with E-state index in [4.69, 9.17) is 0 Å². The Morgan fingerprint density at radius 1 is 1.53 bits per heavy atom. The van der Waals surface area contributed by atoms with Crippen LogP contribution in [0.15, 0.2) is 24.5 Å². The Labute approximate surface area is 101 Å². The molecular weight excluding hydrogens is 216 g/mol. The molecule has 0 amide bonds. The van der Waals surface area contributed by atoms with E-state index in [1.807, 2.05) is 11.9 Å². The van der Waals surface area contributed by atoms with Crippen LogP contribution in [0.25, 0.3) is 0 Å². The zero-order valence-corrected chi connectivity index (χ0v) is 10.3. The molecule has 92 valence electrons. The van der Waals surface area contributed by atoms with Crippen molar-refractivity contribution in [3.63, 3.8) is 0 Å². The van der Waals surface area contributed by atoms with E-state index >= 15 is 0 Å². The first-order valence-corrected chi connectivity index (χ1v) is 5.90. The van der Waals surface area contributed by atoms with Gasteiger partial charge in [-0.1, -0.05) is 0 Å². The lowest BCUT2D eigenvalue weighted by Gasteiger charge is -2.35. The molecule has 0 aliphatic heterocycles. The zero-order valence-electron chi connectivity index (χ0n) is 10.3. The van der Waals surface area contributed by atoms with Gasteiger partial charge in [-0.25, -0.2) is 4.79 Å². The first-order chi connectivity index (χ1) is 8.05. The van der Waals surface area contributed by atoms with Gasteiger partial charge in [0.05, 0.1) is 0 Å². The van der Waals surface area contributed by atoms with Crippen molar-refractivity contribution in [1.82, 2.24) is 9.88 Å². The summed E-state index contributed by atoms with van der Waals surface area (Å²) in [6.45, 7) is 2.60. The number of hydrogen-bond donors (Lipinski definition) is 1. The summed E-state index contributed by atoms with van der Waals surface area (Å²) >= 11 is 0. The lowest BCUT2D eigenvalue weighted by atomic mass is 9.91. The van der Waals surface area contributed by atoms with Crippen LogP contribution >= 0.6 is 0 Å². The molecule has 1 fully saturated rings. The normalized spacial score (nSPS) is 19.0. The van der Waals surface area contributed by atoms with Crippen LogP contribution < -0.4 is 0 Å². The third-order valence-corrected chi connectivity index (χ3v) is 3.65. The Bertz CT molecular complexity index is 403. The molecule has 1 aromatic rings. The number of carboxylic acids is 1. The van der Waals surface area contributed by atoms with E-state index in [1.165, 1.54) is 12.8 Å². The third kappa shape index (κ3) is 2.31. The second-order valence-corrected chi connectivity index (χ2v) is 4.94. The molecule has 1 unspecified atom stereocenters. The molecule has 1 saturated carbocycles. The molecule has 0 spiro atoms. The van der Waals surface area contributed by atoms with E-state index in [0.29, 0.717) is 5.92 Å². The Balaban J connectivity index is 2.27. The number of pyridine rings is 1. The summed E-state index contributed by atoms with van der Waals surface area (Å²) in [4.78, 5) is 17.5. The average Bonchev–Trinajstić information content (AvgIpc) is 3.12. The van der Waals surface area contributed by atoms with Gasteiger partial charge in [0.15, 0.2) is 0 Å². The van der Waals surface area contributed by atoms with Gasteiger partial charge in [-0.2, -0.15) is 0 Å². The lowest BCUT2D eigenvalue weighted by Crippen LogP contribution is -2.48. The maximum atomic E-state index is 11.6. The highest BCUT2D eigenvalue weighted by molar-refractivity contribution is 5.80. The van der Waals surface area contributed by atoms with Crippen molar-refractivity contribution in [3.05, 3.63) is 30.1 Å². The van der Waals surface area contributed by atoms with Crippen LogP contribution in [-0.4, -0.2) is 34.6 Å². The maximum Gasteiger partial charge on any atom is 0.328 e. The smallest absolute Gasteiger partial charge is 0.328 e. The van der Waals surface area contributed by atoms with Gasteiger partial charge in [0, 0.05) is 18.9 Å². The Morgan fingerprint density at radius 3 is 2.59 bits per heavy atom. The summed E-state index contributed by atoms with van der Waals surface area (Å²) in [5.41, 5.74) is -0.186. The van der Waals surface area contributed by atoms with Gasteiger partial charge in [0.2, 0.25) is 0 Å². The van der Waals surface area contributed by atoms with Crippen LogP contribution in [0, 0.1) is 5.92 Å². The quantitative estimate of drug-likeness (QED) is 0.843. The predicted molar refractivity (Wildman–Crippen MR) is 64.6 cm³/mol. The van der Waals surface area contributed by atoms with Crippen LogP contribution in [0.4, 0.5) is 0 Å². The Kier molecular flexibility index (Phi) is 3.15. The highest BCUT2D eigenvalue weighted by Crippen LogP contribution is 2.34. The van der Waals surface area contributed by atoms with Gasteiger partial charge in [0.25, 0.3) is 0 Å². The first kappa shape index (κ1) is 12.0. The number of rotatable bonds is 5. The van der Waals surface area contributed by atoms with Crippen LogP contribution in [0.2, 0.25) is 0 Å². The summed E-state index contributed by atoms with van der Waals surface area (Å²) in [6, 6.07) is 3.55. The van der Waals surface area contributed by atoms with Crippen LogP contribution in [-0.2, 0) is 10.3 Å². The standard InChI is InChI=1S/C13H18N2O2/c1-13(12(16)17,11-5-7-14-8-6-11)15(2)9-10-3-4-10/h5-8,10H,3-4,9H2,1-2H3,(H,16,17). The van der Waals surface area contributed by atoms with Crippen LogP contribution in [0.3, 0.4) is 0 Å². The van der Waals surface area contributed by atoms with Crippen molar-refractivity contribution in [2.24, 2.45) is 5.92 Å². The number of aromatic nitrogens is 1. The van der Waals surface area contributed by atoms with E-state index in [-0.39, 0.29) is 0 Å². The fourth-order valence-electron chi connectivity index (χ4n) is 2.05. The minimum Gasteiger partial charge on any atom is -0.480 e. The molecule has 1 N–H and O–H groups in total. The second-order valence-electron chi connectivity index (χ2n) is 4.94. The number of hydrogen-bond acceptors (Lipinski definition) is 3. The molecule has 1 atom stereocenters. The van der Waals surface area contributed by atoms with Crippen molar-refractivity contribution in [3.8, 4) is 0 Å². The fraction of sp³-hybridized carbons (Fsp3) is 0.538. The molecule has 17 heavy (non-hydrogen) atoms. The average molecular weight is 234 g/mol. The zero-order chi connectivity index (χ0) is 12.5. The van der Waals surface area contributed by atoms with Crippen LogP contribution in [0.5, 0.6) is 0 Å². The van der Waals surface area contributed by atoms with E-state index in [1.54, 1.807) is 31.5 Å². The minimum absolute atomic E-state index is 0.667. The van der Waals surface area contributed by atoms with E-state index in [9.17, 15) is 9.90 Å². The highest BCUT2D eigenvalue weighted by atomic mass is 16.4. The largest absolute Gasteiger partial charge is 0.480 e. The van der Waals surface area contributed by atoms with Crippen molar-refractivity contribution in [2.45, 2.75) is 25.3 Å². The van der Waals surface area contributed by atoms with E-state index < -0.39 is 11.5 Å². The number of aliphatic carboxylic acids is 1. The maximum absolute atomic E-state index is 11.6. The molecule has 0 bridgehead atoms. The molecule has 0 saturated heterocycles. The predicted octanol–water partition coefficient (Wildman–Crippen LogP) is 1.72. The lowest BCUT2D eigenvalue weighted by molar-refractivity contribution is -0.150. The molecule has 1 aliphatic rings. The van der Waals surface area contributed by atoms with E-state index in [2.05, 4.69) is 4.98 Å². The van der Waals surface area contributed by atoms with Crippen LogP contribution in [0.1, 0.15) is 25.3 Å². The van der Waals surface area contributed by atoms with Gasteiger partial charge >= 0.3 is 5.97 Å². The number of carbonyl (C=O) groups is 1. The number of nitrogens with zero attached hydrogens (tertiary/aromatic N) is 2. The van der Waals surface area contributed by atoms with Gasteiger partial charge in [-0.3, -0.25) is 9.88 Å². The Morgan fingerprint density at radius 2 is 2.12 bits per heavy atom. The monoisotopic (exact) mass is 234 g/mol. The molecule has 4 nitrogen and oxygen atoms in total. The molecule has 0 aromatic carbocycles. The topological polar surface area (TPSA) is 53.4 Å².